The molecule has 0 unspecified atom stereocenters. The normalized spacial score (nSPS) is 16.0. The number of amides is 1. The lowest BCUT2D eigenvalue weighted by Gasteiger charge is -2.14. The van der Waals surface area contributed by atoms with Crippen LogP contribution in [-0.2, 0) is 9.53 Å². The lowest BCUT2D eigenvalue weighted by molar-refractivity contribution is -0.143. The Bertz CT molecular complexity index is 628. The van der Waals surface area contributed by atoms with Gasteiger partial charge in [-0.2, -0.15) is 0 Å². The second-order valence-corrected chi connectivity index (χ2v) is 6.80. The number of ether oxygens (including phenoxy) is 1. The Kier molecular flexibility index (Phi) is 7.46. The number of hydrogen-bond donors (Lipinski definition) is 0. The fraction of sp³-hybridized carbons (Fsp3) is 0.389. The molecule has 1 amide bonds. The van der Waals surface area contributed by atoms with E-state index in [2.05, 4.69) is 6.92 Å². The molecule has 0 aliphatic carbocycles. The van der Waals surface area contributed by atoms with Gasteiger partial charge in [0.25, 0.3) is 5.24 Å². The molecule has 1 heterocycles. The Hall–Kier alpha value is -1.66. The van der Waals surface area contributed by atoms with E-state index in [1.807, 2.05) is 36.4 Å². The molecule has 1 fully saturated rings. The highest BCUT2D eigenvalue weighted by molar-refractivity contribution is 8.19. The topological polar surface area (TPSA) is 46.6 Å². The van der Waals surface area contributed by atoms with Gasteiger partial charge in [-0.1, -0.05) is 62.3 Å². The quantitative estimate of drug-likeness (QED) is 0.291. The molecule has 1 aromatic carbocycles. The van der Waals surface area contributed by atoms with E-state index in [0.717, 1.165) is 41.5 Å². The maximum Gasteiger partial charge on any atom is 0.307 e. The predicted octanol–water partition coefficient (Wildman–Crippen LogP) is 4.65. The van der Waals surface area contributed by atoms with Gasteiger partial charge in [-0.25, -0.2) is 0 Å². The Labute approximate surface area is 152 Å². The minimum Gasteiger partial charge on any atom is -0.466 e. The lowest BCUT2D eigenvalue weighted by atomic mass is 10.2. The third kappa shape index (κ3) is 5.46. The number of unbranched alkanes of at least 4 members (excludes halogenated alkanes) is 2. The Morgan fingerprint density at radius 2 is 2.04 bits per heavy atom. The first kappa shape index (κ1) is 18.7. The van der Waals surface area contributed by atoms with E-state index in [9.17, 15) is 9.59 Å². The van der Waals surface area contributed by atoms with Gasteiger partial charge in [0.05, 0.1) is 17.9 Å². The summed E-state index contributed by atoms with van der Waals surface area (Å²) in [6, 6.07) is 9.71. The number of carbonyl (C=O) groups excluding carboxylic acids is 2. The fourth-order valence-corrected chi connectivity index (χ4v) is 3.50. The number of thioether (sulfide) groups is 1. The zero-order valence-corrected chi connectivity index (χ0v) is 15.3. The molecule has 0 N–H and O–H groups in total. The van der Waals surface area contributed by atoms with Crippen molar-refractivity contribution in [2.24, 2.45) is 0 Å². The summed E-state index contributed by atoms with van der Waals surface area (Å²) in [6.07, 6.45) is 5.07. The molecule has 0 atom stereocenters. The van der Waals surface area contributed by atoms with Gasteiger partial charge in [-0.05, 0) is 29.8 Å². The molecular weight excluding hydrogens is 342 g/mol. The molecule has 0 spiro atoms. The van der Waals surface area contributed by atoms with Crippen LogP contribution in [0, 0.1) is 0 Å². The molecule has 1 aromatic rings. The van der Waals surface area contributed by atoms with Crippen LogP contribution < -0.4 is 0 Å². The van der Waals surface area contributed by atoms with Crippen LogP contribution in [0.25, 0.3) is 6.08 Å². The summed E-state index contributed by atoms with van der Waals surface area (Å²) in [6.45, 7) is 2.81. The maximum absolute atomic E-state index is 12.1. The minimum atomic E-state index is -0.285. The second-order valence-electron chi connectivity index (χ2n) is 5.42. The van der Waals surface area contributed by atoms with Crippen LogP contribution in [0.15, 0.2) is 35.2 Å². The highest BCUT2D eigenvalue weighted by atomic mass is 32.2. The van der Waals surface area contributed by atoms with Crippen molar-refractivity contribution in [1.29, 1.82) is 0 Å². The number of thiocarbonyl (C=S) groups is 1. The van der Waals surface area contributed by atoms with Gasteiger partial charge < -0.3 is 4.74 Å². The van der Waals surface area contributed by atoms with Gasteiger partial charge >= 0.3 is 5.97 Å². The molecule has 0 bridgehead atoms. The number of benzene rings is 1. The summed E-state index contributed by atoms with van der Waals surface area (Å²) < 4.78 is 5.16. The molecule has 1 aliphatic heterocycles. The highest BCUT2D eigenvalue weighted by Gasteiger charge is 2.31. The van der Waals surface area contributed by atoms with Gasteiger partial charge in [-0.15, -0.1) is 0 Å². The van der Waals surface area contributed by atoms with Crippen molar-refractivity contribution in [1.82, 2.24) is 4.90 Å². The third-order valence-corrected chi connectivity index (χ3v) is 5.02. The van der Waals surface area contributed by atoms with Crippen LogP contribution in [-0.4, -0.2) is 34.2 Å². The number of nitrogens with zero attached hydrogens (tertiary/aromatic N) is 1. The zero-order chi connectivity index (χ0) is 17.4. The smallest absolute Gasteiger partial charge is 0.307 e. The molecule has 6 heteroatoms. The average Bonchev–Trinajstić information content (AvgIpc) is 2.84. The highest BCUT2D eigenvalue weighted by Crippen LogP contribution is 2.33. The molecule has 0 saturated carbocycles. The van der Waals surface area contributed by atoms with Crippen LogP contribution in [0.2, 0.25) is 0 Å². The summed E-state index contributed by atoms with van der Waals surface area (Å²) in [7, 11) is 0. The maximum atomic E-state index is 12.1. The van der Waals surface area contributed by atoms with Crippen molar-refractivity contribution >= 4 is 46.3 Å². The number of rotatable bonds is 8. The summed E-state index contributed by atoms with van der Waals surface area (Å²) in [5.74, 6) is -0.285. The van der Waals surface area contributed by atoms with E-state index in [0.29, 0.717) is 11.6 Å². The Morgan fingerprint density at radius 1 is 1.29 bits per heavy atom. The minimum absolute atomic E-state index is 0.138. The first-order valence-electron chi connectivity index (χ1n) is 8.08. The molecule has 2 rings (SSSR count). The van der Waals surface area contributed by atoms with Gasteiger partial charge in [0.2, 0.25) is 0 Å². The largest absolute Gasteiger partial charge is 0.466 e. The molecule has 1 aliphatic rings. The first-order valence-corrected chi connectivity index (χ1v) is 9.30. The summed E-state index contributed by atoms with van der Waals surface area (Å²) >= 11 is 6.48. The molecular formula is C18H21NO3S2. The molecule has 4 nitrogen and oxygen atoms in total. The van der Waals surface area contributed by atoms with Crippen molar-refractivity contribution < 1.29 is 14.3 Å². The second kappa shape index (κ2) is 9.59. The van der Waals surface area contributed by atoms with Gasteiger partial charge in [-0.3, -0.25) is 14.5 Å². The van der Waals surface area contributed by atoms with Crippen molar-refractivity contribution in [2.75, 3.05) is 13.2 Å². The van der Waals surface area contributed by atoms with Crippen molar-refractivity contribution in [3.63, 3.8) is 0 Å². The van der Waals surface area contributed by atoms with Gasteiger partial charge in [0.1, 0.15) is 4.99 Å². The lowest BCUT2D eigenvalue weighted by Crippen LogP contribution is -2.29. The van der Waals surface area contributed by atoms with Crippen LogP contribution in [0.4, 0.5) is 4.79 Å². The molecule has 1 saturated heterocycles. The van der Waals surface area contributed by atoms with Gasteiger partial charge in [0, 0.05) is 6.54 Å². The molecule has 0 aromatic heterocycles. The van der Waals surface area contributed by atoms with Crippen LogP contribution in [0.5, 0.6) is 0 Å². The number of carbonyl (C=O) groups is 2. The molecule has 0 radical (unpaired) electrons. The average molecular weight is 364 g/mol. The van der Waals surface area contributed by atoms with E-state index in [1.165, 1.54) is 4.90 Å². The SMILES string of the molecule is CCCCCOC(=O)CCN1C(=O)S/C(=C/c2ccccc2)C1=S. The van der Waals surface area contributed by atoms with Crippen molar-refractivity contribution in [3.05, 3.63) is 40.8 Å². The standard InChI is InChI=1S/C18H21NO3S2/c1-2-3-7-12-22-16(20)10-11-19-17(23)15(24-18(19)21)13-14-8-5-4-6-9-14/h4-6,8-9,13H,2-3,7,10-12H2,1H3/b15-13+. The van der Waals surface area contributed by atoms with E-state index < -0.39 is 0 Å². The van der Waals surface area contributed by atoms with E-state index in [1.54, 1.807) is 0 Å². The predicted molar refractivity (Wildman–Crippen MR) is 102 cm³/mol. The van der Waals surface area contributed by atoms with Crippen LogP contribution in [0.1, 0.15) is 38.2 Å². The number of hydrogen-bond acceptors (Lipinski definition) is 5. The Balaban J connectivity index is 1.86. The first-order chi connectivity index (χ1) is 11.6. The molecule has 128 valence electrons. The summed E-state index contributed by atoms with van der Waals surface area (Å²) in [5, 5.41) is -0.138. The van der Waals surface area contributed by atoms with Crippen LogP contribution in [0.3, 0.4) is 0 Å². The van der Waals surface area contributed by atoms with E-state index in [4.69, 9.17) is 17.0 Å². The summed E-state index contributed by atoms with van der Waals surface area (Å²) in [4.78, 5) is 26.5. The van der Waals surface area contributed by atoms with E-state index >= 15 is 0 Å². The molecule has 24 heavy (non-hydrogen) atoms. The monoisotopic (exact) mass is 363 g/mol. The van der Waals surface area contributed by atoms with Gasteiger partial charge in [0.15, 0.2) is 0 Å². The fourth-order valence-electron chi connectivity index (χ4n) is 2.21. The zero-order valence-electron chi connectivity index (χ0n) is 13.7. The third-order valence-electron chi connectivity index (χ3n) is 3.52. The summed E-state index contributed by atoms with van der Waals surface area (Å²) in [5.41, 5.74) is 0.993. The van der Waals surface area contributed by atoms with E-state index in [-0.39, 0.29) is 24.2 Å². The number of esters is 1. The van der Waals surface area contributed by atoms with Crippen molar-refractivity contribution in [2.45, 2.75) is 32.6 Å². The van der Waals surface area contributed by atoms with Crippen LogP contribution >= 0.6 is 24.0 Å². The van der Waals surface area contributed by atoms with Crippen molar-refractivity contribution in [3.8, 4) is 0 Å². The Morgan fingerprint density at radius 3 is 2.75 bits per heavy atom.